The number of nitrogens with zero attached hydrogens (tertiary/aromatic N) is 3. The molecule has 6 nitrogen and oxygen atoms in total. The summed E-state index contributed by atoms with van der Waals surface area (Å²) in [5.41, 5.74) is 0. The number of hydrogen-bond donors (Lipinski definition) is 2. The molecule has 0 aliphatic carbocycles. The predicted molar refractivity (Wildman–Crippen MR) is 96.1 cm³/mol. The van der Waals surface area contributed by atoms with E-state index in [9.17, 15) is 0 Å². The molecule has 0 aromatic rings. The molecule has 134 valence electrons. The van der Waals surface area contributed by atoms with Crippen molar-refractivity contribution in [1.29, 1.82) is 0 Å². The molecule has 6 heteroatoms. The Morgan fingerprint density at radius 1 is 1.22 bits per heavy atom. The average Bonchev–Trinajstić information content (AvgIpc) is 2.59. The lowest BCUT2D eigenvalue weighted by Gasteiger charge is -2.38. The smallest absolute Gasteiger partial charge is 0.191 e. The number of morpholine rings is 1. The van der Waals surface area contributed by atoms with Crippen LogP contribution in [-0.4, -0.2) is 87.4 Å². The third-order valence-electron chi connectivity index (χ3n) is 5.03. The van der Waals surface area contributed by atoms with Crippen LogP contribution in [0.25, 0.3) is 0 Å². The highest BCUT2D eigenvalue weighted by atomic mass is 16.5. The molecule has 2 aliphatic rings. The van der Waals surface area contributed by atoms with Gasteiger partial charge < -0.3 is 15.4 Å². The maximum Gasteiger partial charge on any atom is 0.191 e. The highest BCUT2D eigenvalue weighted by molar-refractivity contribution is 5.79. The number of ether oxygens (including phenoxy) is 1. The lowest BCUT2D eigenvalue weighted by molar-refractivity contribution is 0.0389. The van der Waals surface area contributed by atoms with Crippen molar-refractivity contribution in [3.63, 3.8) is 0 Å². The Labute approximate surface area is 141 Å². The molecule has 0 bridgehead atoms. The Bertz CT molecular complexity index is 357. The van der Waals surface area contributed by atoms with Gasteiger partial charge in [0.05, 0.1) is 13.2 Å². The Hall–Kier alpha value is -0.850. The summed E-state index contributed by atoms with van der Waals surface area (Å²) in [6.45, 7) is 12.6. The van der Waals surface area contributed by atoms with E-state index in [1.54, 1.807) is 0 Å². The van der Waals surface area contributed by atoms with Crippen LogP contribution in [0.15, 0.2) is 4.99 Å². The van der Waals surface area contributed by atoms with Crippen LogP contribution in [0.4, 0.5) is 0 Å². The van der Waals surface area contributed by atoms with Crippen LogP contribution in [0.2, 0.25) is 0 Å². The highest BCUT2D eigenvalue weighted by Crippen LogP contribution is 2.18. The molecule has 0 saturated carbocycles. The normalized spacial score (nSPS) is 26.0. The molecule has 2 atom stereocenters. The topological polar surface area (TPSA) is 52.1 Å². The number of piperidine rings is 1. The van der Waals surface area contributed by atoms with Gasteiger partial charge in [-0.15, -0.1) is 0 Å². The molecule has 2 unspecified atom stereocenters. The van der Waals surface area contributed by atoms with Crippen molar-refractivity contribution < 1.29 is 4.74 Å². The van der Waals surface area contributed by atoms with Gasteiger partial charge >= 0.3 is 0 Å². The van der Waals surface area contributed by atoms with E-state index in [1.165, 1.54) is 25.8 Å². The van der Waals surface area contributed by atoms with E-state index >= 15 is 0 Å². The highest BCUT2D eigenvalue weighted by Gasteiger charge is 2.22. The van der Waals surface area contributed by atoms with E-state index in [1.807, 2.05) is 7.05 Å². The maximum atomic E-state index is 5.38. The van der Waals surface area contributed by atoms with Crippen molar-refractivity contribution in [1.82, 2.24) is 20.4 Å². The number of nitrogens with one attached hydrogen (secondary N) is 2. The van der Waals surface area contributed by atoms with Crippen molar-refractivity contribution >= 4 is 5.96 Å². The van der Waals surface area contributed by atoms with Crippen molar-refractivity contribution in [2.45, 2.75) is 45.2 Å². The van der Waals surface area contributed by atoms with Gasteiger partial charge in [0.15, 0.2) is 5.96 Å². The van der Waals surface area contributed by atoms with Gasteiger partial charge in [-0.3, -0.25) is 14.8 Å². The van der Waals surface area contributed by atoms with E-state index in [0.29, 0.717) is 12.1 Å². The fraction of sp³-hybridized carbons (Fsp3) is 0.941. The summed E-state index contributed by atoms with van der Waals surface area (Å²) < 4.78 is 5.38. The first-order chi connectivity index (χ1) is 11.2. The van der Waals surface area contributed by atoms with Gasteiger partial charge in [0.1, 0.15) is 0 Å². The minimum absolute atomic E-state index is 0.545. The molecule has 2 fully saturated rings. The Morgan fingerprint density at radius 3 is 2.70 bits per heavy atom. The molecule has 0 spiro atoms. The fourth-order valence-electron chi connectivity index (χ4n) is 3.51. The third kappa shape index (κ3) is 6.28. The van der Waals surface area contributed by atoms with Gasteiger partial charge in [-0.05, 0) is 33.2 Å². The summed E-state index contributed by atoms with van der Waals surface area (Å²) in [4.78, 5) is 9.39. The van der Waals surface area contributed by atoms with Gasteiger partial charge in [0.2, 0.25) is 0 Å². The number of guanidine groups is 1. The van der Waals surface area contributed by atoms with E-state index in [4.69, 9.17) is 4.74 Å². The molecule has 0 aromatic heterocycles. The zero-order valence-corrected chi connectivity index (χ0v) is 15.2. The minimum atomic E-state index is 0.545. The lowest BCUT2D eigenvalue weighted by atomic mass is 10.0. The first kappa shape index (κ1) is 18.5. The van der Waals surface area contributed by atoms with Gasteiger partial charge in [0, 0.05) is 51.9 Å². The summed E-state index contributed by atoms with van der Waals surface area (Å²) >= 11 is 0. The van der Waals surface area contributed by atoms with Crippen LogP contribution in [0.5, 0.6) is 0 Å². The standard InChI is InChI=1S/C17H35N5O/c1-15-6-4-5-8-22(15)16(2)14-20-17(18-3)19-7-9-21-10-12-23-13-11-21/h15-16H,4-14H2,1-3H3,(H2,18,19,20). The zero-order valence-electron chi connectivity index (χ0n) is 15.2. The predicted octanol–water partition coefficient (Wildman–Crippen LogP) is 0.747. The van der Waals surface area contributed by atoms with E-state index < -0.39 is 0 Å². The van der Waals surface area contributed by atoms with Crippen LogP contribution in [0, 0.1) is 0 Å². The van der Waals surface area contributed by atoms with E-state index in [2.05, 4.69) is 39.3 Å². The zero-order chi connectivity index (χ0) is 16.5. The van der Waals surface area contributed by atoms with Crippen LogP contribution in [-0.2, 0) is 4.74 Å². The van der Waals surface area contributed by atoms with E-state index in [-0.39, 0.29) is 0 Å². The molecule has 23 heavy (non-hydrogen) atoms. The van der Waals surface area contributed by atoms with Gasteiger partial charge in [0.25, 0.3) is 0 Å². The molecule has 2 aliphatic heterocycles. The number of aliphatic imine (C=N–C) groups is 1. The fourth-order valence-corrected chi connectivity index (χ4v) is 3.51. The molecule has 2 N–H and O–H groups in total. The van der Waals surface area contributed by atoms with Crippen molar-refractivity contribution in [3.05, 3.63) is 0 Å². The number of rotatable bonds is 6. The van der Waals surface area contributed by atoms with Crippen LogP contribution < -0.4 is 10.6 Å². The first-order valence-electron chi connectivity index (χ1n) is 9.21. The number of hydrogen-bond acceptors (Lipinski definition) is 4. The second-order valence-electron chi connectivity index (χ2n) is 6.77. The molecule has 2 heterocycles. The molecule has 0 radical (unpaired) electrons. The third-order valence-corrected chi connectivity index (χ3v) is 5.03. The number of likely N-dealkylation sites (tertiary alicyclic amines) is 1. The monoisotopic (exact) mass is 325 g/mol. The Balaban J connectivity index is 1.63. The molecule has 2 saturated heterocycles. The quantitative estimate of drug-likeness (QED) is 0.557. The SMILES string of the molecule is CN=C(NCCN1CCOCC1)NCC(C)N1CCCCC1C. The molecule has 2 rings (SSSR count). The van der Waals surface area contributed by atoms with Gasteiger partial charge in [-0.25, -0.2) is 0 Å². The maximum absolute atomic E-state index is 5.38. The first-order valence-corrected chi connectivity index (χ1v) is 9.21. The minimum Gasteiger partial charge on any atom is -0.379 e. The van der Waals surface area contributed by atoms with Crippen molar-refractivity contribution in [3.8, 4) is 0 Å². The van der Waals surface area contributed by atoms with Crippen LogP contribution >= 0.6 is 0 Å². The van der Waals surface area contributed by atoms with Crippen molar-refractivity contribution in [2.75, 3.05) is 59.5 Å². The molecule has 0 aromatic carbocycles. The molecular formula is C17H35N5O. The van der Waals surface area contributed by atoms with Crippen LogP contribution in [0.3, 0.4) is 0 Å². The summed E-state index contributed by atoms with van der Waals surface area (Å²) in [5, 5.41) is 6.90. The average molecular weight is 326 g/mol. The summed E-state index contributed by atoms with van der Waals surface area (Å²) in [7, 11) is 1.85. The van der Waals surface area contributed by atoms with Gasteiger partial charge in [-0.2, -0.15) is 0 Å². The van der Waals surface area contributed by atoms with Crippen molar-refractivity contribution in [2.24, 2.45) is 4.99 Å². The van der Waals surface area contributed by atoms with Gasteiger partial charge in [-0.1, -0.05) is 6.42 Å². The summed E-state index contributed by atoms with van der Waals surface area (Å²) in [6, 6.07) is 1.25. The molecule has 0 amide bonds. The lowest BCUT2D eigenvalue weighted by Crippen LogP contribution is -2.51. The summed E-state index contributed by atoms with van der Waals surface area (Å²) in [5.74, 6) is 0.912. The van der Waals surface area contributed by atoms with Crippen LogP contribution in [0.1, 0.15) is 33.1 Å². The molecular weight excluding hydrogens is 290 g/mol. The largest absolute Gasteiger partial charge is 0.379 e. The second kappa shape index (κ2) is 10.1. The van der Waals surface area contributed by atoms with E-state index in [0.717, 1.165) is 51.9 Å². The second-order valence-corrected chi connectivity index (χ2v) is 6.77. The Morgan fingerprint density at radius 2 is 2.00 bits per heavy atom. The Kier molecular flexibility index (Phi) is 8.12. The summed E-state index contributed by atoms with van der Waals surface area (Å²) in [6.07, 6.45) is 4.04.